The van der Waals surface area contributed by atoms with E-state index in [0.29, 0.717) is 12.0 Å². The molecule has 1 fully saturated rings. The molecule has 0 radical (unpaired) electrons. The van der Waals surface area contributed by atoms with Gasteiger partial charge in [-0.25, -0.2) is 0 Å². The summed E-state index contributed by atoms with van der Waals surface area (Å²) in [5.74, 6) is 1.10. The van der Waals surface area contributed by atoms with Gasteiger partial charge in [0.15, 0.2) is 0 Å². The van der Waals surface area contributed by atoms with Crippen LogP contribution in [-0.4, -0.2) is 28.8 Å². The Bertz CT molecular complexity index is 158. The van der Waals surface area contributed by atoms with E-state index in [9.17, 15) is 5.11 Å². The van der Waals surface area contributed by atoms with Crippen molar-refractivity contribution in [3.05, 3.63) is 0 Å². The van der Waals surface area contributed by atoms with Crippen molar-refractivity contribution in [2.75, 3.05) is 6.54 Å². The summed E-state index contributed by atoms with van der Waals surface area (Å²) in [5, 5.41) is 9.97. The molecule has 1 rings (SSSR count). The molecular weight excluding hydrogens is 162 g/mol. The number of likely N-dealkylation sites (tertiary alicyclic amines) is 1. The van der Waals surface area contributed by atoms with Crippen LogP contribution in [0.5, 0.6) is 0 Å². The van der Waals surface area contributed by atoms with Gasteiger partial charge in [-0.05, 0) is 24.7 Å². The maximum atomic E-state index is 9.97. The van der Waals surface area contributed by atoms with Crippen LogP contribution in [0.15, 0.2) is 0 Å². The van der Waals surface area contributed by atoms with Gasteiger partial charge in [0.2, 0.25) is 0 Å². The van der Waals surface area contributed by atoms with E-state index in [-0.39, 0.29) is 6.23 Å². The summed E-state index contributed by atoms with van der Waals surface area (Å²) in [5.41, 5.74) is 0. The van der Waals surface area contributed by atoms with Crippen molar-refractivity contribution in [3.8, 4) is 0 Å². The molecule has 0 aromatic rings. The van der Waals surface area contributed by atoms with Gasteiger partial charge in [0.25, 0.3) is 0 Å². The van der Waals surface area contributed by atoms with E-state index < -0.39 is 0 Å². The second-order valence-electron chi connectivity index (χ2n) is 4.64. The van der Waals surface area contributed by atoms with Crippen LogP contribution in [0.1, 0.15) is 40.5 Å². The highest BCUT2D eigenvalue weighted by molar-refractivity contribution is 4.85. The molecule has 0 spiro atoms. The van der Waals surface area contributed by atoms with Crippen LogP contribution >= 0.6 is 0 Å². The monoisotopic (exact) mass is 185 g/mol. The molecule has 0 aromatic carbocycles. The first kappa shape index (κ1) is 11.0. The molecule has 2 heteroatoms. The average molecular weight is 185 g/mol. The van der Waals surface area contributed by atoms with E-state index in [1.807, 2.05) is 0 Å². The lowest BCUT2D eigenvalue weighted by Crippen LogP contribution is -2.43. The number of nitrogens with zero attached hydrogens (tertiary/aromatic N) is 1. The highest BCUT2D eigenvalue weighted by Crippen LogP contribution is 2.29. The molecule has 13 heavy (non-hydrogen) atoms. The molecule has 2 nitrogen and oxygen atoms in total. The van der Waals surface area contributed by atoms with Crippen LogP contribution in [-0.2, 0) is 0 Å². The maximum Gasteiger partial charge on any atom is 0.109 e. The average Bonchev–Trinajstić information content (AvgIpc) is 2.45. The number of aliphatic hydroxyl groups is 1. The minimum Gasteiger partial charge on any atom is -0.378 e. The Hall–Kier alpha value is -0.0800. The predicted octanol–water partition coefficient (Wildman–Crippen LogP) is 2.08. The van der Waals surface area contributed by atoms with Crippen LogP contribution in [0, 0.1) is 11.8 Å². The topological polar surface area (TPSA) is 23.5 Å². The zero-order valence-corrected chi connectivity index (χ0v) is 9.33. The van der Waals surface area contributed by atoms with Crippen molar-refractivity contribution in [3.63, 3.8) is 0 Å². The number of aliphatic hydroxyl groups excluding tert-OH is 1. The SMILES string of the molecule is CCC1C(C)CCN1C(O)C(C)C. The van der Waals surface area contributed by atoms with Gasteiger partial charge >= 0.3 is 0 Å². The maximum absolute atomic E-state index is 9.97. The van der Waals surface area contributed by atoms with Crippen molar-refractivity contribution in [2.45, 2.75) is 52.8 Å². The highest BCUT2D eigenvalue weighted by Gasteiger charge is 2.34. The third kappa shape index (κ3) is 2.23. The Kier molecular flexibility index (Phi) is 3.74. The number of hydrogen-bond acceptors (Lipinski definition) is 2. The van der Waals surface area contributed by atoms with E-state index in [2.05, 4.69) is 32.6 Å². The third-order valence-electron chi connectivity index (χ3n) is 3.28. The van der Waals surface area contributed by atoms with Crippen molar-refractivity contribution in [1.29, 1.82) is 0 Å². The van der Waals surface area contributed by atoms with Gasteiger partial charge in [-0.3, -0.25) is 4.90 Å². The van der Waals surface area contributed by atoms with Gasteiger partial charge in [-0.2, -0.15) is 0 Å². The Balaban J connectivity index is 2.59. The molecule has 1 saturated heterocycles. The van der Waals surface area contributed by atoms with Crippen LogP contribution < -0.4 is 0 Å². The quantitative estimate of drug-likeness (QED) is 0.727. The van der Waals surface area contributed by atoms with Gasteiger partial charge in [0.1, 0.15) is 6.23 Å². The van der Waals surface area contributed by atoms with Crippen molar-refractivity contribution >= 4 is 0 Å². The third-order valence-corrected chi connectivity index (χ3v) is 3.28. The standard InChI is InChI=1S/C11H23NO/c1-5-10-9(4)6-7-12(10)11(13)8(2)3/h8-11,13H,5-7H2,1-4H3. The fourth-order valence-corrected chi connectivity index (χ4v) is 2.39. The summed E-state index contributed by atoms with van der Waals surface area (Å²) in [7, 11) is 0. The second kappa shape index (κ2) is 4.43. The minimum atomic E-state index is -0.241. The molecule has 1 heterocycles. The molecule has 1 aliphatic rings. The van der Waals surface area contributed by atoms with Crippen molar-refractivity contribution < 1.29 is 5.11 Å². The number of hydrogen-bond donors (Lipinski definition) is 1. The van der Waals surface area contributed by atoms with Crippen molar-refractivity contribution in [2.24, 2.45) is 11.8 Å². The van der Waals surface area contributed by atoms with Crippen LogP contribution in [0.3, 0.4) is 0 Å². The molecule has 0 bridgehead atoms. The molecule has 1 N–H and O–H groups in total. The van der Waals surface area contributed by atoms with E-state index >= 15 is 0 Å². The largest absolute Gasteiger partial charge is 0.378 e. The number of rotatable bonds is 3. The molecule has 1 aliphatic heterocycles. The summed E-state index contributed by atoms with van der Waals surface area (Å²) in [4.78, 5) is 2.27. The van der Waals surface area contributed by atoms with Crippen LogP contribution in [0.2, 0.25) is 0 Å². The molecule has 78 valence electrons. The Morgan fingerprint density at radius 2 is 2.08 bits per heavy atom. The van der Waals surface area contributed by atoms with E-state index in [1.54, 1.807) is 0 Å². The molecule has 3 atom stereocenters. The summed E-state index contributed by atoms with van der Waals surface area (Å²) >= 11 is 0. The highest BCUT2D eigenvalue weighted by atomic mass is 16.3. The summed E-state index contributed by atoms with van der Waals surface area (Å²) in [6, 6.07) is 0.595. The zero-order chi connectivity index (χ0) is 10.0. The van der Waals surface area contributed by atoms with Gasteiger partial charge in [-0.1, -0.05) is 27.7 Å². The van der Waals surface area contributed by atoms with Gasteiger partial charge < -0.3 is 5.11 Å². The first-order valence-electron chi connectivity index (χ1n) is 5.51. The predicted molar refractivity (Wildman–Crippen MR) is 55.4 cm³/mol. The first-order valence-corrected chi connectivity index (χ1v) is 5.51. The zero-order valence-electron chi connectivity index (χ0n) is 9.33. The normalized spacial score (nSPS) is 32.8. The lowest BCUT2D eigenvalue weighted by atomic mass is 10.00. The van der Waals surface area contributed by atoms with E-state index in [0.717, 1.165) is 18.9 Å². The van der Waals surface area contributed by atoms with Crippen molar-refractivity contribution in [1.82, 2.24) is 4.90 Å². The molecule has 3 unspecified atom stereocenters. The van der Waals surface area contributed by atoms with Gasteiger partial charge in [0, 0.05) is 12.6 Å². The summed E-state index contributed by atoms with van der Waals surface area (Å²) in [6.45, 7) is 9.74. The van der Waals surface area contributed by atoms with E-state index in [4.69, 9.17) is 0 Å². The lowest BCUT2D eigenvalue weighted by Gasteiger charge is -2.32. The Morgan fingerprint density at radius 1 is 1.46 bits per heavy atom. The molecule has 0 aromatic heterocycles. The minimum absolute atomic E-state index is 0.241. The van der Waals surface area contributed by atoms with E-state index in [1.165, 1.54) is 6.42 Å². The Labute approximate surface area is 81.9 Å². The van der Waals surface area contributed by atoms with Gasteiger partial charge in [0.05, 0.1) is 0 Å². The fourth-order valence-electron chi connectivity index (χ4n) is 2.39. The summed E-state index contributed by atoms with van der Waals surface area (Å²) in [6.07, 6.45) is 2.16. The molecule has 0 saturated carbocycles. The lowest BCUT2D eigenvalue weighted by molar-refractivity contribution is -0.0419. The molecule has 0 amide bonds. The van der Waals surface area contributed by atoms with Crippen LogP contribution in [0.25, 0.3) is 0 Å². The fraction of sp³-hybridized carbons (Fsp3) is 1.00. The Morgan fingerprint density at radius 3 is 2.54 bits per heavy atom. The van der Waals surface area contributed by atoms with Crippen LogP contribution in [0.4, 0.5) is 0 Å². The molecule has 0 aliphatic carbocycles. The second-order valence-corrected chi connectivity index (χ2v) is 4.64. The van der Waals surface area contributed by atoms with Gasteiger partial charge in [-0.15, -0.1) is 0 Å². The smallest absolute Gasteiger partial charge is 0.109 e. The first-order chi connectivity index (χ1) is 6.07. The summed E-state index contributed by atoms with van der Waals surface area (Å²) < 4.78 is 0. The molecular formula is C11H23NO.